The van der Waals surface area contributed by atoms with Crippen LogP contribution in [-0.2, 0) is 11.3 Å². The van der Waals surface area contributed by atoms with E-state index in [1.54, 1.807) is 7.11 Å². The summed E-state index contributed by atoms with van der Waals surface area (Å²) in [5.41, 5.74) is 2.91. The molecule has 1 aromatic carbocycles. The summed E-state index contributed by atoms with van der Waals surface area (Å²) in [6.07, 6.45) is 6.93. The average molecular weight is 204 g/mol. The number of rotatable bonds is 3. The molecule has 0 spiro atoms. The van der Waals surface area contributed by atoms with Crippen molar-refractivity contribution in [2.75, 3.05) is 7.11 Å². The molecule has 1 heteroatoms. The lowest BCUT2D eigenvalue weighted by Gasteiger charge is -2.24. The highest BCUT2D eigenvalue weighted by molar-refractivity contribution is 5.30. The quantitative estimate of drug-likeness (QED) is 0.726. The summed E-state index contributed by atoms with van der Waals surface area (Å²) < 4.78 is 5.26. The van der Waals surface area contributed by atoms with Crippen LogP contribution in [0, 0.1) is 0 Å². The van der Waals surface area contributed by atoms with Crippen LogP contribution in [0.3, 0.4) is 0 Å². The molecule has 0 aliphatic heterocycles. The standard InChI is InChI=1S/C14H20O/c1-15-11-13-9-5-6-10-14(13)12-7-3-2-4-8-12/h5-6,9-10,12H,2-4,7-8,11H2,1H3. The predicted octanol–water partition coefficient (Wildman–Crippen LogP) is 3.88. The molecule has 0 bridgehead atoms. The second kappa shape index (κ2) is 5.32. The van der Waals surface area contributed by atoms with E-state index in [2.05, 4.69) is 24.3 Å². The first-order valence-electron chi connectivity index (χ1n) is 5.98. The van der Waals surface area contributed by atoms with Crippen LogP contribution in [0.15, 0.2) is 24.3 Å². The zero-order valence-corrected chi connectivity index (χ0v) is 9.54. The van der Waals surface area contributed by atoms with Crippen molar-refractivity contribution in [3.05, 3.63) is 35.4 Å². The van der Waals surface area contributed by atoms with Gasteiger partial charge in [0, 0.05) is 7.11 Å². The zero-order chi connectivity index (χ0) is 10.5. The van der Waals surface area contributed by atoms with Crippen LogP contribution in [0.4, 0.5) is 0 Å². The SMILES string of the molecule is COCc1ccccc1C1CCCCC1. The van der Waals surface area contributed by atoms with Gasteiger partial charge in [0.25, 0.3) is 0 Å². The first-order chi connectivity index (χ1) is 7.42. The van der Waals surface area contributed by atoms with Gasteiger partial charge in [-0.05, 0) is 29.9 Å². The molecule has 0 aromatic heterocycles. The van der Waals surface area contributed by atoms with Gasteiger partial charge in [0.15, 0.2) is 0 Å². The molecule has 0 radical (unpaired) electrons. The van der Waals surface area contributed by atoms with Gasteiger partial charge in [0.2, 0.25) is 0 Å². The summed E-state index contributed by atoms with van der Waals surface area (Å²) in [7, 11) is 1.78. The van der Waals surface area contributed by atoms with Crippen LogP contribution in [0.1, 0.15) is 49.1 Å². The molecule has 2 rings (SSSR count). The Morgan fingerprint density at radius 3 is 2.60 bits per heavy atom. The molecule has 0 heterocycles. The highest BCUT2D eigenvalue weighted by Crippen LogP contribution is 2.34. The molecular weight excluding hydrogens is 184 g/mol. The summed E-state index contributed by atoms with van der Waals surface area (Å²) in [5.74, 6) is 0.782. The first kappa shape index (κ1) is 10.7. The minimum Gasteiger partial charge on any atom is -0.380 e. The van der Waals surface area contributed by atoms with E-state index in [1.807, 2.05) is 0 Å². The number of methoxy groups -OCH3 is 1. The fraction of sp³-hybridized carbons (Fsp3) is 0.571. The Morgan fingerprint density at radius 1 is 1.13 bits per heavy atom. The molecule has 0 amide bonds. The lowest BCUT2D eigenvalue weighted by Crippen LogP contribution is -2.07. The molecule has 1 aromatic rings. The third-order valence-corrected chi connectivity index (χ3v) is 3.40. The molecule has 0 atom stereocenters. The van der Waals surface area contributed by atoms with Gasteiger partial charge < -0.3 is 4.74 Å². The van der Waals surface area contributed by atoms with Crippen molar-refractivity contribution in [1.82, 2.24) is 0 Å². The average Bonchev–Trinajstić information content (AvgIpc) is 2.31. The Kier molecular flexibility index (Phi) is 3.79. The second-order valence-corrected chi connectivity index (χ2v) is 4.47. The smallest absolute Gasteiger partial charge is 0.0715 e. The molecule has 1 aliphatic rings. The molecule has 82 valence electrons. The van der Waals surface area contributed by atoms with E-state index in [4.69, 9.17) is 4.74 Å². The third-order valence-electron chi connectivity index (χ3n) is 3.40. The predicted molar refractivity (Wildman–Crippen MR) is 63.0 cm³/mol. The van der Waals surface area contributed by atoms with Crippen LogP contribution >= 0.6 is 0 Å². The van der Waals surface area contributed by atoms with Gasteiger partial charge in [-0.25, -0.2) is 0 Å². The van der Waals surface area contributed by atoms with E-state index < -0.39 is 0 Å². The second-order valence-electron chi connectivity index (χ2n) is 4.47. The molecule has 15 heavy (non-hydrogen) atoms. The van der Waals surface area contributed by atoms with E-state index >= 15 is 0 Å². The van der Waals surface area contributed by atoms with Crippen LogP contribution < -0.4 is 0 Å². The Balaban J connectivity index is 2.17. The first-order valence-corrected chi connectivity index (χ1v) is 5.98. The number of hydrogen-bond donors (Lipinski definition) is 0. The monoisotopic (exact) mass is 204 g/mol. The molecular formula is C14H20O. The Hall–Kier alpha value is -0.820. The minimum atomic E-state index is 0.757. The Labute approximate surface area is 92.5 Å². The van der Waals surface area contributed by atoms with Gasteiger partial charge in [0.1, 0.15) is 0 Å². The number of hydrogen-bond acceptors (Lipinski definition) is 1. The van der Waals surface area contributed by atoms with Crippen LogP contribution in [0.2, 0.25) is 0 Å². The topological polar surface area (TPSA) is 9.23 Å². The van der Waals surface area contributed by atoms with Gasteiger partial charge >= 0.3 is 0 Å². The summed E-state index contributed by atoms with van der Waals surface area (Å²) in [4.78, 5) is 0. The molecule has 0 N–H and O–H groups in total. The summed E-state index contributed by atoms with van der Waals surface area (Å²) in [6, 6.07) is 8.75. The maximum atomic E-state index is 5.26. The summed E-state index contributed by atoms with van der Waals surface area (Å²) in [5, 5.41) is 0. The lowest BCUT2D eigenvalue weighted by molar-refractivity contribution is 0.183. The van der Waals surface area contributed by atoms with Crippen LogP contribution in [0.5, 0.6) is 0 Å². The normalized spacial score (nSPS) is 17.9. The highest BCUT2D eigenvalue weighted by Gasteiger charge is 2.17. The molecule has 1 nitrogen and oxygen atoms in total. The van der Waals surface area contributed by atoms with Crippen molar-refractivity contribution >= 4 is 0 Å². The van der Waals surface area contributed by atoms with Gasteiger partial charge in [-0.1, -0.05) is 43.5 Å². The van der Waals surface area contributed by atoms with Crippen molar-refractivity contribution in [3.8, 4) is 0 Å². The van der Waals surface area contributed by atoms with Crippen LogP contribution in [-0.4, -0.2) is 7.11 Å². The van der Waals surface area contributed by atoms with Gasteiger partial charge in [0.05, 0.1) is 6.61 Å². The van der Waals surface area contributed by atoms with E-state index in [0.717, 1.165) is 12.5 Å². The molecule has 1 aliphatic carbocycles. The highest BCUT2D eigenvalue weighted by atomic mass is 16.5. The largest absolute Gasteiger partial charge is 0.380 e. The summed E-state index contributed by atoms with van der Waals surface area (Å²) in [6.45, 7) is 0.757. The molecule has 0 unspecified atom stereocenters. The van der Waals surface area contributed by atoms with E-state index in [0.29, 0.717) is 0 Å². The molecule has 1 fully saturated rings. The third kappa shape index (κ3) is 2.60. The lowest BCUT2D eigenvalue weighted by atomic mass is 9.82. The zero-order valence-electron chi connectivity index (χ0n) is 9.54. The van der Waals surface area contributed by atoms with Crippen LogP contribution in [0.25, 0.3) is 0 Å². The minimum absolute atomic E-state index is 0.757. The maximum absolute atomic E-state index is 5.26. The number of benzene rings is 1. The molecule has 1 saturated carbocycles. The van der Waals surface area contributed by atoms with Gasteiger partial charge in [-0.15, -0.1) is 0 Å². The van der Waals surface area contributed by atoms with Crippen molar-refractivity contribution in [2.45, 2.75) is 44.6 Å². The Bertz CT molecular complexity index is 300. The fourth-order valence-electron chi connectivity index (χ4n) is 2.63. The van der Waals surface area contributed by atoms with Crippen molar-refractivity contribution in [2.24, 2.45) is 0 Å². The Morgan fingerprint density at radius 2 is 1.87 bits per heavy atom. The van der Waals surface area contributed by atoms with Gasteiger partial charge in [-0.3, -0.25) is 0 Å². The molecule has 0 saturated heterocycles. The maximum Gasteiger partial charge on any atom is 0.0715 e. The van der Waals surface area contributed by atoms with E-state index in [1.165, 1.54) is 43.2 Å². The van der Waals surface area contributed by atoms with E-state index in [-0.39, 0.29) is 0 Å². The van der Waals surface area contributed by atoms with Crippen molar-refractivity contribution in [1.29, 1.82) is 0 Å². The summed E-state index contributed by atoms with van der Waals surface area (Å²) >= 11 is 0. The fourth-order valence-corrected chi connectivity index (χ4v) is 2.63. The van der Waals surface area contributed by atoms with E-state index in [9.17, 15) is 0 Å². The number of ether oxygens (including phenoxy) is 1. The van der Waals surface area contributed by atoms with Gasteiger partial charge in [-0.2, -0.15) is 0 Å². The van der Waals surface area contributed by atoms with Crippen molar-refractivity contribution < 1.29 is 4.74 Å². The van der Waals surface area contributed by atoms with Crippen molar-refractivity contribution in [3.63, 3.8) is 0 Å².